The Labute approximate surface area is 74.1 Å². The molecule has 0 aromatic rings. The molecule has 2 aliphatic heterocycles. The maximum atomic E-state index is 5.77. The molecular weight excluding hydrogens is 152 g/mol. The fourth-order valence-corrected chi connectivity index (χ4v) is 2.16. The number of hydrogen-bond donors (Lipinski definition) is 1. The van der Waals surface area contributed by atoms with E-state index in [-0.39, 0.29) is 5.60 Å². The molecule has 1 atom stereocenters. The summed E-state index contributed by atoms with van der Waals surface area (Å²) in [6.07, 6.45) is 3.69. The Balaban J connectivity index is 1.97. The van der Waals surface area contributed by atoms with E-state index in [1.807, 2.05) is 0 Å². The van der Waals surface area contributed by atoms with Crippen molar-refractivity contribution >= 4 is 0 Å². The van der Waals surface area contributed by atoms with Gasteiger partial charge in [0.15, 0.2) is 0 Å². The second kappa shape index (κ2) is 3.32. The number of nitrogens with zero attached hydrogens (tertiary/aromatic N) is 1. The van der Waals surface area contributed by atoms with Gasteiger partial charge in [-0.25, -0.2) is 0 Å². The third-order valence-electron chi connectivity index (χ3n) is 3.05. The molecule has 0 aromatic carbocycles. The molecular formula is C9H18N2O. The van der Waals surface area contributed by atoms with Gasteiger partial charge in [-0.2, -0.15) is 0 Å². The Morgan fingerprint density at radius 3 is 3.00 bits per heavy atom. The second-order valence-electron chi connectivity index (χ2n) is 4.06. The molecule has 3 nitrogen and oxygen atoms in total. The highest BCUT2D eigenvalue weighted by atomic mass is 16.5. The van der Waals surface area contributed by atoms with Crippen molar-refractivity contribution in [2.75, 3.05) is 33.4 Å². The van der Waals surface area contributed by atoms with Crippen LogP contribution in [0.1, 0.15) is 19.3 Å². The van der Waals surface area contributed by atoms with E-state index in [1.54, 1.807) is 0 Å². The molecule has 0 amide bonds. The molecule has 2 saturated heterocycles. The topological polar surface area (TPSA) is 24.5 Å². The highest BCUT2D eigenvalue weighted by Gasteiger charge is 2.35. The quantitative estimate of drug-likeness (QED) is 0.570. The fraction of sp³-hybridized carbons (Fsp3) is 1.00. The highest BCUT2D eigenvalue weighted by Crippen LogP contribution is 2.27. The summed E-state index contributed by atoms with van der Waals surface area (Å²) < 4.78 is 5.77. The SMILES string of the molecule is CN1CCCC2(CC1)CNCO2. The molecule has 70 valence electrons. The van der Waals surface area contributed by atoms with Crippen molar-refractivity contribution in [3.8, 4) is 0 Å². The van der Waals surface area contributed by atoms with Crippen LogP contribution in [0.25, 0.3) is 0 Å². The maximum Gasteiger partial charge on any atom is 0.0974 e. The molecule has 1 unspecified atom stereocenters. The van der Waals surface area contributed by atoms with Gasteiger partial charge in [-0.1, -0.05) is 0 Å². The number of likely N-dealkylation sites (tertiary alicyclic amines) is 1. The molecule has 2 aliphatic rings. The Kier molecular flexibility index (Phi) is 2.35. The summed E-state index contributed by atoms with van der Waals surface area (Å²) in [6, 6.07) is 0. The molecule has 0 radical (unpaired) electrons. The fourth-order valence-electron chi connectivity index (χ4n) is 2.16. The Morgan fingerprint density at radius 1 is 1.33 bits per heavy atom. The second-order valence-corrected chi connectivity index (χ2v) is 4.06. The van der Waals surface area contributed by atoms with Crippen molar-refractivity contribution in [2.45, 2.75) is 24.9 Å². The lowest BCUT2D eigenvalue weighted by Crippen LogP contribution is -2.34. The maximum absolute atomic E-state index is 5.77. The first-order chi connectivity index (χ1) is 5.81. The molecule has 2 rings (SSSR count). The van der Waals surface area contributed by atoms with Crippen LogP contribution in [0, 0.1) is 0 Å². The van der Waals surface area contributed by atoms with Gasteiger partial charge in [0.1, 0.15) is 0 Å². The standard InChI is InChI=1S/C9H18N2O/c1-11-5-2-3-9(4-6-11)7-10-8-12-9/h10H,2-8H2,1H3. The van der Waals surface area contributed by atoms with Gasteiger partial charge < -0.3 is 9.64 Å². The van der Waals surface area contributed by atoms with E-state index in [1.165, 1.54) is 32.4 Å². The zero-order valence-corrected chi connectivity index (χ0v) is 7.81. The average Bonchev–Trinajstić information content (AvgIpc) is 2.42. The average molecular weight is 170 g/mol. The van der Waals surface area contributed by atoms with Crippen molar-refractivity contribution < 1.29 is 4.74 Å². The molecule has 0 aromatic heterocycles. The van der Waals surface area contributed by atoms with E-state index in [0.717, 1.165) is 13.3 Å². The van der Waals surface area contributed by atoms with Crippen LogP contribution < -0.4 is 5.32 Å². The van der Waals surface area contributed by atoms with E-state index >= 15 is 0 Å². The lowest BCUT2D eigenvalue weighted by molar-refractivity contribution is 0.000107. The molecule has 0 saturated carbocycles. The molecule has 2 heterocycles. The van der Waals surface area contributed by atoms with Crippen molar-refractivity contribution in [1.82, 2.24) is 10.2 Å². The Morgan fingerprint density at radius 2 is 2.25 bits per heavy atom. The van der Waals surface area contributed by atoms with Gasteiger partial charge in [-0.05, 0) is 32.9 Å². The minimum absolute atomic E-state index is 0.185. The number of rotatable bonds is 0. The first kappa shape index (κ1) is 8.48. The van der Waals surface area contributed by atoms with Crippen LogP contribution in [0.5, 0.6) is 0 Å². The zero-order chi connectivity index (χ0) is 8.44. The zero-order valence-electron chi connectivity index (χ0n) is 7.81. The normalized spacial score (nSPS) is 38.8. The van der Waals surface area contributed by atoms with E-state index in [2.05, 4.69) is 17.3 Å². The Hall–Kier alpha value is -0.120. The van der Waals surface area contributed by atoms with Gasteiger partial charge in [0.05, 0.1) is 12.3 Å². The van der Waals surface area contributed by atoms with Crippen LogP contribution in [0.3, 0.4) is 0 Å². The van der Waals surface area contributed by atoms with Crippen molar-refractivity contribution in [2.24, 2.45) is 0 Å². The number of nitrogens with one attached hydrogen (secondary N) is 1. The predicted molar refractivity (Wildman–Crippen MR) is 48.0 cm³/mol. The van der Waals surface area contributed by atoms with Gasteiger partial charge in [0, 0.05) is 13.1 Å². The summed E-state index contributed by atoms with van der Waals surface area (Å²) >= 11 is 0. The molecule has 0 bridgehead atoms. The number of ether oxygens (including phenoxy) is 1. The molecule has 12 heavy (non-hydrogen) atoms. The minimum Gasteiger partial charge on any atom is -0.358 e. The van der Waals surface area contributed by atoms with Crippen molar-refractivity contribution in [3.05, 3.63) is 0 Å². The highest BCUT2D eigenvalue weighted by molar-refractivity contribution is 4.89. The van der Waals surface area contributed by atoms with Crippen LogP contribution in [0.4, 0.5) is 0 Å². The van der Waals surface area contributed by atoms with Crippen molar-refractivity contribution in [3.63, 3.8) is 0 Å². The summed E-state index contributed by atoms with van der Waals surface area (Å²) in [4.78, 5) is 2.40. The summed E-state index contributed by atoms with van der Waals surface area (Å²) in [5.41, 5.74) is 0.185. The summed E-state index contributed by atoms with van der Waals surface area (Å²) in [5, 5.41) is 3.28. The molecule has 1 spiro atoms. The van der Waals surface area contributed by atoms with Crippen molar-refractivity contribution in [1.29, 1.82) is 0 Å². The lowest BCUT2D eigenvalue weighted by atomic mass is 9.95. The predicted octanol–water partition coefficient (Wildman–Crippen LogP) is 0.418. The van der Waals surface area contributed by atoms with E-state index in [0.29, 0.717) is 0 Å². The van der Waals surface area contributed by atoms with Gasteiger partial charge in [-0.3, -0.25) is 5.32 Å². The van der Waals surface area contributed by atoms with E-state index < -0.39 is 0 Å². The van der Waals surface area contributed by atoms with Crippen LogP contribution >= 0.6 is 0 Å². The third-order valence-corrected chi connectivity index (χ3v) is 3.05. The van der Waals surface area contributed by atoms with Gasteiger partial charge in [-0.15, -0.1) is 0 Å². The summed E-state index contributed by atoms with van der Waals surface area (Å²) in [6.45, 7) is 4.22. The smallest absolute Gasteiger partial charge is 0.0974 e. The first-order valence-electron chi connectivity index (χ1n) is 4.84. The molecule has 0 aliphatic carbocycles. The molecule has 2 fully saturated rings. The van der Waals surface area contributed by atoms with Crippen LogP contribution in [-0.2, 0) is 4.74 Å². The summed E-state index contributed by atoms with van der Waals surface area (Å²) in [7, 11) is 2.20. The van der Waals surface area contributed by atoms with E-state index in [4.69, 9.17) is 4.74 Å². The van der Waals surface area contributed by atoms with Gasteiger partial charge in [0.2, 0.25) is 0 Å². The molecule has 3 heteroatoms. The monoisotopic (exact) mass is 170 g/mol. The third kappa shape index (κ3) is 1.63. The van der Waals surface area contributed by atoms with Gasteiger partial charge in [0.25, 0.3) is 0 Å². The summed E-state index contributed by atoms with van der Waals surface area (Å²) in [5.74, 6) is 0. The minimum atomic E-state index is 0.185. The largest absolute Gasteiger partial charge is 0.358 e. The molecule has 1 N–H and O–H groups in total. The van der Waals surface area contributed by atoms with Crippen LogP contribution in [-0.4, -0.2) is 43.9 Å². The van der Waals surface area contributed by atoms with E-state index in [9.17, 15) is 0 Å². The lowest BCUT2D eigenvalue weighted by Gasteiger charge is -2.25. The first-order valence-corrected chi connectivity index (χ1v) is 4.84. The van der Waals surface area contributed by atoms with Crippen LogP contribution in [0.2, 0.25) is 0 Å². The van der Waals surface area contributed by atoms with Gasteiger partial charge >= 0.3 is 0 Å². The number of hydrogen-bond acceptors (Lipinski definition) is 3. The van der Waals surface area contributed by atoms with Crippen LogP contribution in [0.15, 0.2) is 0 Å². The Bertz CT molecular complexity index is 155.